The predicted octanol–water partition coefficient (Wildman–Crippen LogP) is 1.03. The summed E-state index contributed by atoms with van der Waals surface area (Å²) in [6.45, 7) is 3.03. The topological polar surface area (TPSA) is 65.5 Å². The summed E-state index contributed by atoms with van der Waals surface area (Å²) in [5.41, 5.74) is 1.10. The van der Waals surface area contributed by atoms with E-state index in [1.54, 1.807) is 6.20 Å². The van der Waals surface area contributed by atoms with Gasteiger partial charge in [-0.25, -0.2) is 4.79 Å². The summed E-state index contributed by atoms with van der Waals surface area (Å²) in [6.07, 6.45) is 6.58. The van der Waals surface area contributed by atoms with Gasteiger partial charge in [0.25, 0.3) is 0 Å². The molecule has 6 heteroatoms. The number of aryl methyl sites for hydroxylation is 1. The number of urea groups is 1. The molecule has 0 spiro atoms. The lowest BCUT2D eigenvalue weighted by Crippen LogP contribution is -2.47. The van der Waals surface area contributed by atoms with Crippen molar-refractivity contribution in [3.8, 4) is 0 Å². The molecule has 0 atom stereocenters. The van der Waals surface area contributed by atoms with Gasteiger partial charge in [0, 0.05) is 51.0 Å². The normalized spacial score (nSPS) is 19.4. The molecule has 0 unspecified atom stereocenters. The van der Waals surface area contributed by atoms with Crippen LogP contribution in [0.2, 0.25) is 0 Å². The fraction of sp³-hybridized carbons (Fsp3) is 0.562. The van der Waals surface area contributed by atoms with Gasteiger partial charge < -0.3 is 15.1 Å². The minimum Gasteiger partial charge on any atom is -0.343 e. The van der Waals surface area contributed by atoms with E-state index < -0.39 is 0 Å². The van der Waals surface area contributed by atoms with Gasteiger partial charge in [0.05, 0.1) is 0 Å². The van der Waals surface area contributed by atoms with Gasteiger partial charge >= 0.3 is 6.03 Å². The number of carbonyl (C=O) groups is 2. The van der Waals surface area contributed by atoms with Gasteiger partial charge in [0.2, 0.25) is 5.91 Å². The van der Waals surface area contributed by atoms with Crippen LogP contribution >= 0.6 is 0 Å². The highest BCUT2D eigenvalue weighted by molar-refractivity contribution is 5.77. The third-order valence-electron chi connectivity index (χ3n) is 4.50. The van der Waals surface area contributed by atoms with Gasteiger partial charge in [-0.15, -0.1) is 0 Å². The van der Waals surface area contributed by atoms with Crippen molar-refractivity contribution in [3.05, 3.63) is 30.1 Å². The van der Waals surface area contributed by atoms with Crippen molar-refractivity contribution >= 4 is 11.9 Å². The van der Waals surface area contributed by atoms with Crippen molar-refractivity contribution in [3.63, 3.8) is 0 Å². The van der Waals surface area contributed by atoms with Crippen LogP contribution in [0.4, 0.5) is 4.79 Å². The average Bonchev–Trinajstić information content (AvgIpc) is 3.00. The van der Waals surface area contributed by atoms with E-state index in [1.807, 2.05) is 28.1 Å². The predicted molar refractivity (Wildman–Crippen MR) is 82.3 cm³/mol. The van der Waals surface area contributed by atoms with Gasteiger partial charge in [-0.05, 0) is 30.9 Å². The highest BCUT2D eigenvalue weighted by Crippen LogP contribution is 2.19. The Morgan fingerprint density at radius 2 is 2.14 bits per heavy atom. The second-order valence-corrected chi connectivity index (χ2v) is 5.90. The highest BCUT2D eigenvalue weighted by atomic mass is 16.2. The summed E-state index contributed by atoms with van der Waals surface area (Å²) in [6, 6.07) is 4.22. The van der Waals surface area contributed by atoms with E-state index in [0.717, 1.165) is 51.0 Å². The van der Waals surface area contributed by atoms with Crippen molar-refractivity contribution in [2.75, 3.05) is 26.2 Å². The van der Waals surface area contributed by atoms with Crippen LogP contribution in [0, 0.1) is 0 Å². The number of nitrogens with one attached hydrogen (secondary N) is 1. The summed E-state index contributed by atoms with van der Waals surface area (Å²) >= 11 is 0. The molecular weight excluding hydrogens is 280 g/mol. The van der Waals surface area contributed by atoms with E-state index in [4.69, 9.17) is 0 Å². The maximum Gasteiger partial charge on any atom is 0.317 e. The van der Waals surface area contributed by atoms with E-state index in [1.165, 1.54) is 0 Å². The molecule has 0 bridgehead atoms. The van der Waals surface area contributed by atoms with Gasteiger partial charge in [-0.3, -0.25) is 9.78 Å². The Kier molecular flexibility index (Phi) is 4.56. The number of amides is 3. The zero-order valence-corrected chi connectivity index (χ0v) is 12.7. The lowest BCUT2D eigenvalue weighted by molar-refractivity contribution is -0.132. The quantitative estimate of drug-likeness (QED) is 0.903. The Hall–Kier alpha value is -2.11. The van der Waals surface area contributed by atoms with Crippen LogP contribution in [-0.2, 0) is 11.2 Å². The molecule has 2 saturated heterocycles. The second-order valence-electron chi connectivity index (χ2n) is 5.90. The molecule has 1 N–H and O–H groups in total. The van der Waals surface area contributed by atoms with E-state index in [-0.39, 0.29) is 18.0 Å². The number of carbonyl (C=O) groups excluding carboxylic acids is 2. The fourth-order valence-corrected chi connectivity index (χ4v) is 3.22. The van der Waals surface area contributed by atoms with Crippen molar-refractivity contribution < 1.29 is 9.59 Å². The van der Waals surface area contributed by atoms with Crippen molar-refractivity contribution in [2.24, 2.45) is 0 Å². The number of rotatable bonds is 4. The van der Waals surface area contributed by atoms with Gasteiger partial charge in [-0.2, -0.15) is 0 Å². The van der Waals surface area contributed by atoms with Gasteiger partial charge in [0.1, 0.15) is 0 Å². The van der Waals surface area contributed by atoms with Crippen molar-refractivity contribution in [1.82, 2.24) is 20.1 Å². The molecule has 2 aliphatic rings. The molecule has 0 aliphatic carbocycles. The molecule has 0 radical (unpaired) electrons. The van der Waals surface area contributed by atoms with Crippen LogP contribution < -0.4 is 5.32 Å². The summed E-state index contributed by atoms with van der Waals surface area (Å²) in [4.78, 5) is 31.9. The monoisotopic (exact) mass is 302 g/mol. The highest BCUT2D eigenvalue weighted by Gasteiger charge is 2.31. The lowest BCUT2D eigenvalue weighted by atomic mass is 10.0. The first-order valence-electron chi connectivity index (χ1n) is 7.95. The first kappa shape index (κ1) is 14.8. The Balaban J connectivity index is 1.44. The van der Waals surface area contributed by atoms with Crippen LogP contribution in [0.3, 0.4) is 0 Å². The Labute approximate surface area is 130 Å². The molecule has 2 fully saturated rings. The standard InChI is InChI=1S/C16H22N4O2/c21-15(4-3-13-2-1-7-17-12-13)19-9-5-14(6-10-19)20-11-8-18-16(20)22/h1-2,7,12,14H,3-6,8-11H2,(H,18,22). The smallest absolute Gasteiger partial charge is 0.317 e. The first-order valence-corrected chi connectivity index (χ1v) is 7.95. The fourth-order valence-electron chi connectivity index (χ4n) is 3.22. The maximum absolute atomic E-state index is 12.3. The number of piperidine rings is 1. The molecule has 0 saturated carbocycles. The van der Waals surface area contributed by atoms with E-state index in [9.17, 15) is 9.59 Å². The van der Waals surface area contributed by atoms with E-state index in [2.05, 4.69) is 10.3 Å². The average molecular weight is 302 g/mol. The number of nitrogens with zero attached hydrogens (tertiary/aromatic N) is 3. The molecular formula is C16H22N4O2. The minimum atomic E-state index is 0.0429. The Bertz CT molecular complexity index is 526. The summed E-state index contributed by atoms with van der Waals surface area (Å²) < 4.78 is 0. The largest absolute Gasteiger partial charge is 0.343 e. The molecule has 0 aromatic carbocycles. The first-order chi connectivity index (χ1) is 10.7. The molecule has 2 aliphatic heterocycles. The van der Waals surface area contributed by atoms with Gasteiger partial charge in [-0.1, -0.05) is 6.07 Å². The van der Waals surface area contributed by atoms with Crippen LogP contribution in [0.1, 0.15) is 24.8 Å². The van der Waals surface area contributed by atoms with Crippen LogP contribution in [0.25, 0.3) is 0 Å². The minimum absolute atomic E-state index is 0.0429. The summed E-state index contributed by atoms with van der Waals surface area (Å²) in [7, 11) is 0. The number of aromatic nitrogens is 1. The molecule has 1 aromatic rings. The van der Waals surface area contributed by atoms with Crippen molar-refractivity contribution in [2.45, 2.75) is 31.7 Å². The Morgan fingerprint density at radius 3 is 2.77 bits per heavy atom. The lowest BCUT2D eigenvalue weighted by Gasteiger charge is -2.36. The molecule has 3 amide bonds. The molecule has 118 valence electrons. The second kappa shape index (κ2) is 6.77. The third kappa shape index (κ3) is 3.37. The number of likely N-dealkylation sites (tertiary alicyclic amines) is 1. The summed E-state index contributed by atoms with van der Waals surface area (Å²) in [5, 5.41) is 2.84. The molecule has 6 nitrogen and oxygen atoms in total. The van der Waals surface area contributed by atoms with Crippen molar-refractivity contribution in [1.29, 1.82) is 0 Å². The van der Waals surface area contributed by atoms with Gasteiger partial charge in [0.15, 0.2) is 0 Å². The number of pyridine rings is 1. The number of hydrogen-bond donors (Lipinski definition) is 1. The molecule has 22 heavy (non-hydrogen) atoms. The number of hydrogen-bond acceptors (Lipinski definition) is 3. The van der Waals surface area contributed by atoms with Crippen LogP contribution in [0.15, 0.2) is 24.5 Å². The zero-order chi connectivity index (χ0) is 15.4. The zero-order valence-electron chi connectivity index (χ0n) is 12.7. The van der Waals surface area contributed by atoms with Crippen LogP contribution in [-0.4, -0.2) is 58.9 Å². The molecule has 3 heterocycles. The van der Waals surface area contributed by atoms with Crippen LogP contribution in [0.5, 0.6) is 0 Å². The maximum atomic E-state index is 12.3. The summed E-state index contributed by atoms with van der Waals surface area (Å²) in [5.74, 6) is 0.202. The SMILES string of the molecule is O=C(CCc1cccnc1)N1CCC(N2CCNC2=O)CC1. The van der Waals surface area contributed by atoms with E-state index in [0.29, 0.717) is 6.42 Å². The molecule has 1 aromatic heterocycles. The van der Waals surface area contributed by atoms with E-state index >= 15 is 0 Å². The Morgan fingerprint density at radius 1 is 1.32 bits per heavy atom. The third-order valence-corrected chi connectivity index (χ3v) is 4.50. The molecule has 3 rings (SSSR count).